The third kappa shape index (κ3) is 3.33. The van der Waals surface area contributed by atoms with Gasteiger partial charge in [-0.25, -0.2) is 8.42 Å². The molecule has 0 spiro atoms. The first-order valence-corrected chi connectivity index (χ1v) is 11.9. The summed E-state index contributed by atoms with van der Waals surface area (Å²) in [5.74, 6) is -0.0317. The summed E-state index contributed by atoms with van der Waals surface area (Å²) in [4.78, 5) is 0.275. The summed E-state index contributed by atoms with van der Waals surface area (Å²) >= 11 is 0. The highest BCUT2D eigenvalue weighted by Gasteiger charge is 2.36. The molecule has 0 amide bonds. The zero-order valence-electron chi connectivity index (χ0n) is 15.3. The van der Waals surface area contributed by atoms with E-state index in [4.69, 9.17) is 0 Å². The van der Waals surface area contributed by atoms with Gasteiger partial charge in [0.05, 0.1) is 11.9 Å². The van der Waals surface area contributed by atoms with Crippen LogP contribution >= 0.6 is 0 Å². The van der Waals surface area contributed by atoms with Gasteiger partial charge < -0.3 is 5.32 Å². The van der Waals surface area contributed by atoms with E-state index in [0.717, 1.165) is 0 Å². The average Bonchev–Trinajstić information content (AvgIpc) is 3.18. The Morgan fingerprint density at radius 2 is 2.07 bits per heavy atom. The molecule has 1 atom stereocenters. The van der Waals surface area contributed by atoms with Crippen molar-refractivity contribution in [3.63, 3.8) is 0 Å². The molecule has 0 aliphatic carbocycles. The molecule has 1 saturated heterocycles. The van der Waals surface area contributed by atoms with Gasteiger partial charge in [-0.05, 0) is 31.9 Å². The third-order valence-corrected chi connectivity index (χ3v) is 8.16. The van der Waals surface area contributed by atoms with E-state index in [9.17, 15) is 16.8 Å². The summed E-state index contributed by atoms with van der Waals surface area (Å²) in [6.45, 7) is 3.01. The third-order valence-electron chi connectivity index (χ3n) is 4.99. The fourth-order valence-electron chi connectivity index (χ4n) is 3.49. The van der Waals surface area contributed by atoms with Gasteiger partial charge in [-0.3, -0.25) is 4.68 Å². The molecular weight excluding hydrogens is 402 g/mol. The van der Waals surface area contributed by atoms with E-state index in [-0.39, 0.29) is 22.3 Å². The Bertz CT molecular complexity index is 1140. The second-order valence-electron chi connectivity index (χ2n) is 6.81. The second-order valence-corrected chi connectivity index (χ2v) is 10.3. The van der Waals surface area contributed by atoms with Crippen molar-refractivity contribution in [2.24, 2.45) is 10.3 Å². The van der Waals surface area contributed by atoms with Crippen LogP contribution in [0.25, 0.3) is 0 Å². The molecule has 150 valence electrons. The predicted molar refractivity (Wildman–Crippen MR) is 104 cm³/mol. The predicted octanol–water partition coefficient (Wildman–Crippen LogP) is 1.52. The zero-order chi connectivity index (χ0) is 19.9. The van der Waals surface area contributed by atoms with E-state index in [1.807, 2.05) is 6.92 Å². The number of fused-ring (bicyclic) bond motifs is 1. The lowest BCUT2D eigenvalue weighted by molar-refractivity contribution is 0.312. The first kappa shape index (κ1) is 19.1. The average molecular weight is 424 g/mol. The van der Waals surface area contributed by atoms with Crippen molar-refractivity contribution < 1.29 is 16.8 Å². The SMILES string of the molecule is CCn1cc(S(=O)(=O)N2CCCC(C3=NS(=O)(=O)c4ccccc4N3)C2)cn1. The number of aryl methyl sites for hydroxylation is 1. The van der Waals surface area contributed by atoms with Gasteiger partial charge in [0.2, 0.25) is 10.0 Å². The summed E-state index contributed by atoms with van der Waals surface area (Å²) in [7, 11) is -7.50. The minimum atomic E-state index is -3.80. The molecule has 2 aromatic rings. The van der Waals surface area contributed by atoms with Crippen molar-refractivity contribution in [1.29, 1.82) is 0 Å². The number of amidine groups is 1. The highest BCUT2D eigenvalue weighted by atomic mass is 32.2. The maximum absolute atomic E-state index is 13.0. The fourth-order valence-corrected chi connectivity index (χ4v) is 6.17. The number of hydrogen-bond donors (Lipinski definition) is 1. The number of nitrogens with one attached hydrogen (secondary N) is 1. The monoisotopic (exact) mass is 423 g/mol. The summed E-state index contributed by atoms with van der Waals surface area (Å²) in [5, 5.41) is 7.12. The molecule has 9 nitrogen and oxygen atoms in total. The van der Waals surface area contributed by atoms with Crippen LogP contribution in [0.2, 0.25) is 0 Å². The van der Waals surface area contributed by atoms with E-state index in [2.05, 4.69) is 14.8 Å². The van der Waals surface area contributed by atoms with Crippen molar-refractivity contribution >= 4 is 31.6 Å². The molecule has 0 radical (unpaired) electrons. The number of nitrogens with zero attached hydrogens (tertiary/aromatic N) is 4. The lowest BCUT2D eigenvalue weighted by Crippen LogP contribution is -2.44. The van der Waals surface area contributed by atoms with Gasteiger partial charge in [0.25, 0.3) is 10.0 Å². The van der Waals surface area contributed by atoms with Gasteiger partial charge in [-0.2, -0.15) is 17.8 Å². The number of hydrogen-bond acceptors (Lipinski definition) is 6. The van der Waals surface area contributed by atoms with Crippen LogP contribution in [0.5, 0.6) is 0 Å². The van der Waals surface area contributed by atoms with Crippen LogP contribution in [0.4, 0.5) is 5.69 Å². The highest BCUT2D eigenvalue weighted by molar-refractivity contribution is 7.90. The van der Waals surface area contributed by atoms with Crippen LogP contribution < -0.4 is 5.32 Å². The molecule has 0 bridgehead atoms. The number of anilines is 1. The molecule has 28 heavy (non-hydrogen) atoms. The van der Waals surface area contributed by atoms with Gasteiger partial charge in [0.15, 0.2) is 0 Å². The first-order valence-electron chi connectivity index (χ1n) is 9.05. The summed E-state index contributed by atoms with van der Waals surface area (Å²) < 4.78 is 57.8. The van der Waals surface area contributed by atoms with Gasteiger partial charge >= 0.3 is 0 Å². The molecule has 1 unspecified atom stereocenters. The Morgan fingerprint density at radius 1 is 1.29 bits per heavy atom. The van der Waals surface area contributed by atoms with E-state index in [1.54, 1.807) is 22.9 Å². The Kier molecular flexibility index (Phi) is 4.76. The summed E-state index contributed by atoms with van der Waals surface area (Å²) in [6.07, 6.45) is 4.13. The van der Waals surface area contributed by atoms with Crippen LogP contribution in [0.3, 0.4) is 0 Å². The number of piperidine rings is 1. The standard InChI is InChI=1S/C17H21N5O4S2/c1-2-21-12-14(10-18-21)28(25,26)22-9-5-6-13(11-22)17-19-15-7-3-4-8-16(15)27(23,24)20-17/h3-4,7-8,10,12-13H,2,5-6,9,11H2,1H3,(H,19,20). The van der Waals surface area contributed by atoms with E-state index in [0.29, 0.717) is 37.5 Å². The molecule has 1 aromatic carbocycles. The van der Waals surface area contributed by atoms with Crippen molar-refractivity contribution in [3.8, 4) is 0 Å². The van der Waals surface area contributed by atoms with Crippen LogP contribution in [-0.4, -0.2) is 49.8 Å². The van der Waals surface area contributed by atoms with Crippen molar-refractivity contribution in [3.05, 3.63) is 36.7 Å². The highest BCUT2D eigenvalue weighted by Crippen LogP contribution is 2.31. The van der Waals surface area contributed by atoms with Crippen molar-refractivity contribution in [1.82, 2.24) is 14.1 Å². The van der Waals surface area contributed by atoms with Crippen molar-refractivity contribution in [2.75, 3.05) is 18.4 Å². The molecule has 4 rings (SSSR count). The number of sulfonamides is 2. The smallest absolute Gasteiger partial charge is 0.286 e. The largest absolute Gasteiger partial charge is 0.342 e. The minimum absolute atomic E-state index is 0.131. The molecule has 2 aliphatic heterocycles. The molecule has 1 fully saturated rings. The van der Waals surface area contributed by atoms with Gasteiger partial charge in [-0.1, -0.05) is 12.1 Å². The lowest BCUT2D eigenvalue weighted by Gasteiger charge is -2.33. The Labute approximate surface area is 164 Å². The fraction of sp³-hybridized carbons (Fsp3) is 0.412. The quantitative estimate of drug-likeness (QED) is 0.797. The maximum atomic E-state index is 13.0. The first-order chi connectivity index (χ1) is 13.3. The zero-order valence-corrected chi connectivity index (χ0v) is 16.9. The van der Waals surface area contributed by atoms with Crippen LogP contribution in [0, 0.1) is 5.92 Å². The van der Waals surface area contributed by atoms with E-state index >= 15 is 0 Å². The second kappa shape index (κ2) is 6.98. The minimum Gasteiger partial charge on any atom is -0.342 e. The summed E-state index contributed by atoms with van der Waals surface area (Å²) in [6, 6.07) is 6.57. The van der Waals surface area contributed by atoms with Gasteiger partial charge in [0, 0.05) is 31.7 Å². The maximum Gasteiger partial charge on any atom is 0.286 e. The number of para-hydroxylation sites is 1. The number of benzene rings is 1. The molecule has 2 aliphatic rings. The topological polar surface area (TPSA) is 114 Å². The Morgan fingerprint density at radius 3 is 2.82 bits per heavy atom. The van der Waals surface area contributed by atoms with Crippen LogP contribution in [0.15, 0.2) is 50.8 Å². The van der Waals surface area contributed by atoms with Crippen LogP contribution in [-0.2, 0) is 26.6 Å². The van der Waals surface area contributed by atoms with Crippen molar-refractivity contribution in [2.45, 2.75) is 36.1 Å². The Hall–Kier alpha value is -2.24. The Balaban J connectivity index is 1.60. The van der Waals surface area contributed by atoms with E-state index in [1.165, 1.54) is 22.8 Å². The molecule has 1 aromatic heterocycles. The number of aromatic nitrogens is 2. The molecular formula is C17H21N5O4S2. The summed E-state index contributed by atoms with van der Waals surface area (Å²) in [5.41, 5.74) is 0.469. The normalized spacial score (nSPS) is 22.2. The molecule has 11 heteroatoms. The molecule has 0 saturated carbocycles. The van der Waals surface area contributed by atoms with E-state index < -0.39 is 20.0 Å². The van der Waals surface area contributed by atoms with Gasteiger partial charge in [0.1, 0.15) is 15.6 Å². The lowest BCUT2D eigenvalue weighted by atomic mass is 9.98. The van der Waals surface area contributed by atoms with Crippen LogP contribution in [0.1, 0.15) is 19.8 Å². The van der Waals surface area contributed by atoms with Gasteiger partial charge in [-0.15, -0.1) is 4.40 Å². The number of rotatable bonds is 4. The molecule has 1 N–H and O–H groups in total. The molecule has 3 heterocycles.